The van der Waals surface area contributed by atoms with Crippen LogP contribution in [0.15, 0.2) is 30.3 Å². The minimum Gasteiger partial charge on any atom is -0.319 e. The van der Waals surface area contributed by atoms with E-state index in [9.17, 15) is 9.18 Å². The minimum absolute atomic E-state index is 0.232. The van der Waals surface area contributed by atoms with Crippen LogP contribution in [0.2, 0.25) is 15.1 Å². The Kier molecular flexibility index (Phi) is 4.53. The maximum Gasteiger partial charge on any atom is 0.256 e. The van der Waals surface area contributed by atoms with Gasteiger partial charge in [0.2, 0.25) is 0 Å². The molecule has 6 heteroatoms. The normalized spacial score (nSPS) is 10.4. The Morgan fingerprint density at radius 2 is 1.70 bits per heavy atom. The summed E-state index contributed by atoms with van der Waals surface area (Å²) in [4.78, 5) is 12.2. The first-order chi connectivity index (χ1) is 9.38. The standard InChI is InChI=1S/C14H9Cl3FNO/c1-7-4-9(18)2-3-10(7)14(20)19-13-11(16)5-8(15)6-12(13)17/h2-6H,1H3,(H,19,20). The molecular weight excluding hydrogens is 324 g/mol. The zero-order valence-electron chi connectivity index (χ0n) is 10.3. The fourth-order valence-electron chi connectivity index (χ4n) is 1.72. The van der Waals surface area contributed by atoms with Gasteiger partial charge in [-0.1, -0.05) is 34.8 Å². The molecule has 0 atom stereocenters. The van der Waals surface area contributed by atoms with Crippen LogP contribution in [0.1, 0.15) is 15.9 Å². The first kappa shape index (κ1) is 15.1. The third kappa shape index (κ3) is 3.23. The highest BCUT2D eigenvalue weighted by atomic mass is 35.5. The summed E-state index contributed by atoms with van der Waals surface area (Å²) in [7, 11) is 0. The minimum atomic E-state index is -0.423. The summed E-state index contributed by atoms with van der Waals surface area (Å²) >= 11 is 17.8. The van der Waals surface area contributed by atoms with Gasteiger partial charge in [-0.2, -0.15) is 0 Å². The van der Waals surface area contributed by atoms with Crippen LogP contribution < -0.4 is 5.32 Å². The fraction of sp³-hybridized carbons (Fsp3) is 0.0714. The van der Waals surface area contributed by atoms with Gasteiger partial charge in [0.25, 0.3) is 5.91 Å². The van der Waals surface area contributed by atoms with E-state index < -0.39 is 11.7 Å². The maximum absolute atomic E-state index is 13.0. The molecular formula is C14H9Cl3FNO. The molecule has 2 nitrogen and oxygen atoms in total. The SMILES string of the molecule is Cc1cc(F)ccc1C(=O)Nc1c(Cl)cc(Cl)cc1Cl. The van der Waals surface area contributed by atoms with Gasteiger partial charge in [0.15, 0.2) is 0 Å². The first-order valence-corrected chi connectivity index (χ1v) is 6.74. The Morgan fingerprint density at radius 3 is 2.25 bits per heavy atom. The predicted octanol–water partition coefficient (Wildman–Crippen LogP) is 5.35. The lowest BCUT2D eigenvalue weighted by atomic mass is 10.1. The van der Waals surface area contributed by atoms with Crippen molar-refractivity contribution in [2.75, 3.05) is 5.32 Å². The monoisotopic (exact) mass is 331 g/mol. The topological polar surface area (TPSA) is 29.1 Å². The van der Waals surface area contributed by atoms with E-state index in [1.807, 2.05) is 0 Å². The summed E-state index contributed by atoms with van der Waals surface area (Å²) < 4.78 is 13.0. The van der Waals surface area contributed by atoms with Crippen LogP contribution in [0.4, 0.5) is 10.1 Å². The van der Waals surface area contributed by atoms with Gasteiger partial charge in [-0.05, 0) is 42.8 Å². The van der Waals surface area contributed by atoms with Crippen molar-refractivity contribution in [2.24, 2.45) is 0 Å². The van der Waals surface area contributed by atoms with E-state index in [1.54, 1.807) is 6.92 Å². The van der Waals surface area contributed by atoms with Gasteiger partial charge in [0, 0.05) is 10.6 Å². The molecule has 2 rings (SSSR count). The molecule has 20 heavy (non-hydrogen) atoms. The fourth-order valence-corrected chi connectivity index (χ4v) is 2.64. The molecule has 0 spiro atoms. The van der Waals surface area contributed by atoms with E-state index in [2.05, 4.69) is 5.32 Å². The average molecular weight is 333 g/mol. The molecule has 0 unspecified atom stereocenters. The van der Waals surface area contributed by atoms with E-state index in [0.29, 0.717) is 16.1 Å². The number of rotatable bonds is 2. The molecule has 2 aromatic rings. The lowest BCUT2D eigenvalue weighted by Gasteiger charge is -2.11. The van der Waals surface area contributed by atoms with Crippen molar-refractivity contribution in [2.45, 2.75) is 6.92 Å². The Balaban J connectivity index is 2.33. The highest BCUT2D eigenvalue weighted by Gasteiger charge is 2.14. The second kappa shape index (κ2) is 6.00. The number of anilines is 1. The zero-order chi connectivity index (χ0) is 14.9. The second-order valence-corrected chi connectivity index (χ2v) is 5.41. The van der Waals surface area contributed by atoms with Crippen molar-refractivity contribution in [1.82, 2.24) is 0 Å². The molecule has 0 fully saturated rings. The number of carbonyl (C=O) groups is 1. The third-order valence-electron chi connectivity index (χ3n) is 2.68. The van der Waals surface area contributed by atoms with Crippen LogP contribution >= 0.6 is 34.8 Å². The van der Waals surface area contributed by atoms with E-state index in [0.717, 1.165) is 0 Å². The van der Waals surface area contributed by atoms with Crippen molar-refractivity contribution in [3.63, 3.8) is 0 Å². The van der Waals surface area contributed by atoms with Crippen molar-refractivity contribution in [1.29, 1.82) is 0 Å². The molecule has 0 saturated carbocycles. The molecule has 0 heterocycles. The number of nitrogens with one attached hydrogen (secondary N) is 1. The summed E-state index contributed by atoms with van der Waals surface area (Å²) in [6, 6.07) is 6.84. The lowest BCUT2D eigenvalue weighted by Crippen LogP contribution is -2.14. The first-order valence-electron chi connectivity index (χ1n) is 5.60. The molecule has 0 aliphatic rings. The zero-order valence-corrected chi connectivity index (χ0v) is 12.6. The van der Waals surface area contributed by atoms with Crippen LogP contribution in [0, 0.1) is 12.7 Å². The van der Waals surface area contributed by atoms with Crippen molar-refractivity contribution >= 4 is 46.4 Å². The highest BCUT2D eigenvalue weighted by Crippen LogP contribution is 2.34. The Bertz CT molecular complexity index is 665. The Labute approximate surface area is 130 Å². The van der Waals surface area contributed by atoms with Crippen molar-refractivity contribution in [3.8, 4) is 0 Å². The quantitative estimate of drug-likeness (QED) is 0.789. The second-order valence-electron chi connectivity index (χ2n) is 4.16. The number of benzene rings is 2. The van der Waals surface area contributed by atoms with E-state index in [4.69, 9.17) is 34.8 Å². The number of aryl methyl sites for hydroxylation is 1. The molecule has 2 aromatic carbocycles. The summed E-state index contributed by atoms with van der Waals surface area (Å²) in [5.41, 5.74) is 1.13. The summed E-state index contributed by atoms with van der Waals surface area (Å²) in [6.07, 6.45) is 0. The van der Waals surface area contributed by atoms with Gasteiger partial charge in [-0.25, -0.2) is 4.39 Å². The number of hydrogen-bond donors (Lipinski definition) is 1. The molecule has 0 bridgehead atoms. The molecule has 104 valence electrons. The maximum atomic E-state index is 13.0. The number of carbonyl (C=O) groups excluding carboxylic acids is 1. The van der Waals surface area contributed by atoms with Gasteiger partial charge in [0.05, 0.1) is 15.7 Å². The molecule has 1 N–H and O–H groups in total. The summed E-state index contributed by atoms with van der Waals surface area (Å²) in [5, 5.41) is 3.43. The summed E-state index contributed by atoms with van der Waals surface area (Å²) in [6.45, 7) is 1.64. The van der Waals surface area contributed by atoms with E-state index in [-0.39, 0.29) is 15.7 Å². The summed E-state index contributed by atoms with van der Waals surface area (Å²) in [5.74, 6) is -0.824. The van der Waals surface area contributed by atoms with Crippen molar-refractivity contribution < 1.29 is 9.18 Å². The molecule has 0 aliphatic carbocycles. The van der Waals surface area contributed by atoms with Crippen LogP contribution in [0.3, 0.4) is 0 Å². The average Bonchev–Trinajstić information content (AvgIpc) is 2.33. The predicted molar refractivity (Wildman–Crippen MR) is 80.6 cm³/mol. The van der Waals surface area contributed by atoms with Crippen LogP contribution in [0.5, 0.6) is 0 Å². The van der Waals surface area contributed by atoms with Gasteiger partial charge in [-0.15, -0.1) is 0 Å². The third-order valence-corrected chi connectivity index (χ3v) is 3.49. The molecule has 1 amide bonds. The largest absolute Gasteiger partial charge is 0.319 e. The lowest BCUT2D eigenvalue weighted by molar-refractivity contribution is 0.102. The molecule has 0 aliphatic heterocycles. The van der Waals surface area contributed by atoms with Crippen LogP contribution in [-0.2, 0) is 0 Å². The Morgan fingerprint density at radius 1 is 1.10 bits per heavy atom. The van der Waals surface area contributed by atoms with E-state index in [1.165, 1.54) is 30.3 Å². The smallest absolute Gasteiger partial charge is 0.256 e. The van der Waals surface area contributed by atoms with Crippen LogP contribution in [-0.4, -0.2) is 5.91 Å². The molecule has 0 radical (unpaired) electrons. The molecule has 0 saturated heterocycles. The van der Waals surface area contributed by atoms with Gasteiger partial charge in [0.1, 0.15) is 5.82 Å². The van der Waals surface area contributed by atoms with Crippen LogP contribution in [0.25, 0.3) is 0 Å². The van der Waals surface area contributed by atoms with Gasteiger partial charge < -0.3 is 5.32 Å². The Hall–Kier alpha value is -1.29. The highest BCUT2D eigenvalue weighted by molar-refractivity contribution is 6.42. The van der Waals surface area contributed by atoms with E-state index >= 15 is 0 Å². The number of amides is 1. The van der Waals surface area contributed by atoms with Gasteiger partial charge in [-0.3, -0.25) is 4.79 Å². The number of halogens is 4. The van der Waals surface area contributed by atoms with Gasteiger partial charge >= 0.3 is 0 Å². The van der Waals surface area contributed by atoms with Crippen molar-refractivity contribution in [3.05, 3.63) is 62.3 Å². The number of hydrogen-bond acceptors (Lipinski definition) is 1. The molecule has 0 aromatic heterocycles.